The molecule has 0 aliphatic heterocycles. The molecular formula is C13H18ClNO. The number of carbonyl (C=O) groups is 1. The van der Waals surface area contributed by atoms with Crippen LogP contribution in [0.5, 0.6) is 0 Å². The molecule has 0 aromatic heterocycles. The first-order valence-electron chi connectivity index (χ1n) is 5.49. The van der Waals surface area contributed by atoms with Crippen LogP contribution in [-0.4, -0.2) is 30.3 Å². The maximum atomic E-state index is 11.8. The van der Waals surface area contributed by atoms with Crippen LogP contribution in [0.15, 0.2) is 24.3 Å². The molecular weight excluding hydrogens is 222 g/mol. The zero-order valence-electron chi connectivity index (χ0n) is 10.0. The monoisotopic (exact) mass is 239 g/mol. The van der Waals surface area contributed by atoms with E-state index in [-0.39, 0.29) is 5.78 Å². The minimum absolute atomic E-state index is 0.171. The smallest absolute Gasteiger partial charge is 0.164 e. The van der Waals surface area contributed by atoms with Gasteiger partial charge in [0.05, 0.1) is 0 Å². The topological polar surface area (TPSA) is 20.3 Å². The fourth-order valence-electron chi connectivity index (χ4n) is 1.32. The number of hydrogen-bond donors (Lipinski definition) is 0. The van der Waals surface area contributed by atoms with Gasteiger partial charge in [-0.3, -0.25) is 4.79 Å². The van der Waals surface area contributed by atoms with Crippen LogP contribution < -0.4 is 0 Å². The number of rotatable bonds is 5. The molecule has 0 heterocycles. The van der Waals surface area contributed by atoms with E-state index < -0.39 is 0 Å². The number of hydrogen-bond acceptors (Lipinski definition) is 2. The predicted molar refractivity (Wildman–Crippen MR) is 68.2 cm³/mol. The van der Waals surface area contributed by atoms with Crippen molar-refractivity contribution in [3.63, 3.8) is 0 Å². The third-order valence-corrected chi connectivity index (χ3v) is 2.99. The Hall–Kier alpha value is -0.860. The van der Waals surface area contributed by atoms with Crippen LogP contribution in [0.4, 0.5) is 0 Å². The Morgan fingerprint density at radius 2 is 1.88 bits per heavy atom. The van der Waals surface area contributed by atoms with E-state index in [4.69, 9.17) is 11.6 Å². The molecule has 0 saturated carbocycles. The van der Waals surface area contributed by atoms with Gasteiger partial charge in [-0.15, -0.1) is 0 Å². The molecule has 2 nitrogen and oxygen atoms in total. The lowest BCUT2D eigenvalue weighted by atomic mass is 10.1. The van der Waals surface area contributed by atoms with E-state index in [1.807, 2.05) is 7.05 Å². The summed E-state index contributed by atoms with van der Waals surface area (Å²) in [6, 6.07) is 7.53. The van der Waals surface area contributed by atoms with E-state index in [2.05, 4.69) is 18.7 Å². The van der Waals surface area contributed by atoms with Crippen molar-refractivity contribution in [3.8, 4) is 0 Å². The molecule has 1 aromatic rings. The van der Waals surface area contributed by atoms with Crippen LogP contribution in [-0.2, 0) is 0 Å². The molecule has 0 amide bonds. The van der Waals surface area contributed by atoms with Gasteiger partial charge in [0.2, 0.25) is 0 Å². The summed E-state index contributed by atoms with van der Waals surface area (Å²) < 4.78 is 0. The largest absolute Gasteiger partial charge is 0.304 e. The van der Waals surface area contributed by atoms with Crippen molar-refractivity contribution in [1.82, 2.24) is 4.90 Å². The zero-order chi connectivity index (χ0) is 12.1. The van der Waals surface area contributed by atoms with Gasteiger partial charge in [0.15, 0.2) is 5.78 Å². The Morgan fingerprint density at radius 3 is 2.38 bits per heavy atom. The summed E-state index contributed by atoms with van der Waals surface area (Å²) in [6.07, 6.45) is 0.552. The first kappa shape index (κ1) is 13.2. The molecule has 1 aromatic carbocycles. The lowest BCUT2D eigenvalue weighted by Gasteiger charge is -2.20. The predicted octanol–water partition coefficient (Wildman–Crippen LogP) is 3.25. The SMILES string of the molecule is CC(C)N(C)CCC(=O)c1ccc(Cl)cc1. The quantitative estimate of drug-likeness (QED) is 0.736. The third kappa shape index (κ3) is 3.95. The van der Waals surface area contributed by atoms with E-state index in [0.29, 0.717) is 17.5 Å². The van der Waals surface area contributed by atoms with Crippen molar-refractivity contribution < 1.29 is 4.79 Å². The highest BCUT2D eigenvalue weighted by atomic mass is 35.5. The van der Waals surface area contributed by atoms with Crippen molar-refractivity contribution in [1.29, 1.82) is 0 Å². The molecule has 0 aliphatic carbocycles. The summed E-state index contributed by atoms with van der Waals surface area (Å²) >= 11 is 5.77. The van der Waals surface area contributed by atoms with Crippen LogP contribution >= 0.6 is 11.6 Å². The molecule has 16 heavy (non-hydrogen) atoms. The Balaban J connectivity index is 2.50. The van der Waals surface area contributed by atoms with Crippen LogP contribution in [0.1, 0.15) is 30.6 Å². The van der Waals surface area contributed by atoms with Crippen molar-refractivity contribution in [2.24, 2.45) is 0 Å². The summed E-state index contributed by atoms with van der Waals surface area (Å²) in [7, 11) is 2.03. The Bertz CT molecular complexity index is 345. The molecule has 0 unspecified atom stereocenters. The van der Waals surface area contributed by atoms with Crippen molar-refractivity contribution in [2.45, 2.75) is 26.3 Å². The molecule has 0 saturated heterocycles. The minimum atomic E-state index is 0.171. The normalized spacial score (nSPS) is 11.1. The van der Waals surface area contributed by atoms with Gasteiger partial charge in [-0.2, -0.15) is 0 Å². The van der Waals surface area contributed by atoms with Crippen molar-refractivity contribution in [2.75, 3.05) is 13.6 Å². The molecule has 0 N–H and O–H groups in total. The van der Waals surface area contributed by atoms with Gasteiger partial charge < -0.3 is 4.90 Å². The van der Waals surface area contributed by atoms with E-state index in [9.17, 15) is 4.79 Å². The van der Waals surface area contributed by atoms with Gasteiger partial charge >= 0.3 is 0 Å². The van der Waals surface area contributed by atoms with Gasteiger partial charge in [-0.25, -0.2) is 0 Å². The fraction of sp³-hybridized carbons (Fsp3) is 0.462. The molecule has 1 rings (SSSR count). The molecule has 0 aliphatic rings. The van der Waals surface area contributed by atoms with Gasteiger partial charge in [0.25, 0.3) is 0 Å². The Labute approximate surface area is 102 Å². The minimum Gasteiger partial charge on any atom is -0.304 e. The summed E-state index contributed by atoms with van der Waals surface area (Å²) in [5.41, 5.74) is 0.738. The van der Waals surface area contributed by atoms with E-state index in [1.54, 1.807) is 24.3 Å². The number of Topliss-reactive ketones (excluding diaryl/α,β-unsaturated/α-hetero) is 1. The summed E-state index contributed by atoms with van der Waals surface area (Å²) in [5.74, 6) is 0.171. The zero-order valence-corrected chi connectivity index (χ0v) is 10.8. The second-order valence-corrected chi connectivity index (χ2v) is 4.69. The second kappa shape index (κ2) is 6.02. The first-order chi connectivity index (χ1) is 7.50. The summed E-state index contributed by atoms with van der Waals surface area (Å²) in [4.78, 5) is 14.0. The first-order valence-corrected chi connectivity index (χ1v) is 5.87. The molecule has 0 bridgehead atoms. The lowest BCUT2D eigenvalue weighted by molar-refractivity contribution is 0.0964. The molecule has 0 atom stereocenters. The van der Waals surface area contributed by atoms with Gasteiger partial charge in [-0.05, 0) is 45.2 Å². The number of nitrogens with zero attached hydrogens (tertiary/aromatic N) is 1. The van der Waals surface area contributed by atoms with Gasteiger partial charge in [0, 0.05) is 29.6 Å². The highest BCUT2D eigenvalue weighted by Crippen LogP contribution is 2.11. The van der Waals surface area contributed by atoms with Gasteiger partial charge in [0.1, 0.15) is 0 Å². The van der Waals surface area contributed by atoms with E-state index in [0.717, 1.165) is 12.1 Å². The average molecular weight is 240 g/mol. The molecule has 88 valence electrons. The van der Waals surface area contributed by atoms with E-state index >= 15 is 0 Å². The third-order valence-electron chi connectivity index (χ3n) is 2.74. The standard InChI is InChI=1S/C13H18ClNO/c1-10(2)15(3)9-8-13(16)11-4-6-12(14)7-5-11/h4-7,10H,8-9H2,1-3H3. The summed E-state index contributed by atoms with van der Waals surface area (Å²) in [6.45, 7) is 5.03. The number of ketones is 1. The fourth-order valence-corrected chi connectivity index (χ4v) is 1.44. The maximum absolute atomic E-state index is 11.8. The molecule has 3 heteroatoms. The Kier molecular flexibility index (Phi) is 4.97. The maximum Gasteiger partial charge on any atom is 0.164 e. The van der Waals surface area contributed by atoms with Crippen LogP contribution in [0.2, 0.25) is 5.02 Å². The average Bonchev–Trinajstić information content (AvgIpc) is 2.26. The lowest BCUT2D eigenvalue weighted by Crippen LogP contribution is -2.28. The van der Waals surface area contributed by atoms with Crippen LogP contribution in [0, 0.1) is 0 Å². The Morgan fingerprint density at radius 1 is 1.31 bits per heavy atom. The van der Waals surface area contributed by atoms with Crippen molar-refractivity contribution in [3.05, 3.63) is 34.9 Å². The molecule has 0 radical (unpaired) electrons. The molecule has 0 spiro atoms. The highest BCUT2D eigenvalue weighted by Gasteiger charge is 2.08. The number of carbonyl (C=O) groups excluding carboxylic acids is 1. The highest BCUT2D eigenvalue weighted by molar-refractivity contribution is 6.30. The van der Waals surface area contributed by atoms with Gasteiger partial charge in [-0.1, -0.05) is 11.6 Å². The van der Waals surface area contributed by atoms with Crippen LogP contribution in [0.3, 0.4) is 0 Å². The second-order valence-electron chi connectivity index (χ2n) is 4.25. The molecule has 0 fully saturated rings. The number of halogens is 1. The van der Waals surface area contributed by atoms with Crippen LogP contribution in [0.25, 0.3) is 0 Å². The van der Waals surface area contributed by atoms with E-state index in [1.165, 1.54) is 0 Å². The van der Waals surface area contributed by atoms with Crippen molar-refractivity contribution >= 4 is 17.4 Å². The number of benzene rings is 1. The summed E-state index contributed by atoms with van der Waals surface area (Å²) in [5, 5.41) is 0.663.